The molecule has 1 amide bonds. The molecule has 6 nitrogen and oxygen atoms in total. The van der Waals surface area contributed by atoms with Crippen molar-refractivity contribution in [2.45, 2.75) is 13.5 Å². The van der Waals surface area contributed by atoms with Crippen LogP contribution in [0.1, 0.15) is 21.8 Å². The first kappa shape index (κ1) is 14.5. The highest BCUT2D eigenvalue weighted by Crippen LogP contribution is 2.20. The van der Waals surface area contributed by atoms with E-state index in [0.29, 0.717) is 35.3 Å². The summed E-state index contributed by atoms with van der Waals surface area (Å²) in [6.07, 6.45) is 1.55. The lowest BCUT2D eigenvalue weighted by Gasteiger charge is -2.34. The molecule has 112 valence electrons. The molecule has 1 saturated heterocycles. The number of aryl methyl sites for hydroxylation is 1. The zero-order chi connectivity index (χ0) is 14.8. The molecule has 0 atom stereocenters. The highest BCUT2D eigenvalue weighted by molar-refractivity contribution is 7.10. The van der Waals surface area contributed by atoms with Gasteiger partial charge in [0.05, 0.1) is 11.8 Å². The molecule has 0 radical (unpaired) electrons. The second kappa shape index (κ2) is 6.13. The van der Waals surface area contributed by atoms with Crippen LogP contribution in [0.3, 0.4) is 0 Å². The summed E-state index contributed by atoms with van der Waals surface area (Å²) in [6, 6.07) is 1.73. The molecule has 1 fully saturated rings. The smallest absolute Gasteiger partial charge is 0.257 e. The Kier molecular flexibility index (Phi) is 4.23. The van der Waals surface area contributed by atoms with Crippen molar-refractivity contribution in [3.8, 4) is 0 Å². The molecule has 0 N–H and O–H groups in total. The monoisotopic (exact) mass is 326 g/mol. The van der Waals surface area contributed by atoms with E-state index >= 15 is 0 Å². The van der Waals surface area contributed by atoms with Crippen LogP contribution in [-0.2, 0) is 6.54 Å². The molecule has 0 unspecified atom stereocenters. The number of carbonyl (C=O) groups excluding carboxylic acids is 1. The Labute approximate surface area is 131 Å². The summed E-state index contributed by atoms with van der Waals surface area (Å²) in [5, 5.41) is 4.02. The predicted octanol–water partition coefficient (Wildman–Crippen LogP) is 2.05. The van der Waals surface area contributed by atoms with Gasteiger partial charge in [-0.3, -0.25) is 9.69 Å². The Morgan fingerprint density at radius 1 is 1.43 bits per heavy atom. The summed E-state index contributed by atoms with van der Waals surface area (Å²) in [6.45, 7) is 5.48. The number of hydrogen-bond donors (Lipinski definition) is 0. The number of amides is 1. The van der Waals surface area contributed by atoms with Crippen LogP contribution in [0.2, 0.25) is 4.34 Å². The molecule has 3 rings (SSSR count). The molecule has 1 aliphatic heterocycles. The molecule has 0 aromatic carbocycles. The van der Waals surface area contributed by atoms with Crippen LogP contribution in [0.5, 0.6) is 0 Å². The van der Waals surface area contributed by atoms with E-state index in [1.807, 2.05) is 4.90 Å². The van der Waals surface area contributed by atoms with Gasteiger partial charge in [-0.25, -0.2) is 0 Å². The van der Waals surface area contributed by atoms with Gasteiger partial charge in [-0.15, -0.1) is 5.10 Å². The topological polar surface area (TPSA) is 62.5 Å². The summed E-state index contributed by atoms with van der Waals surface area (Å²) < 4.78 is 9.67. The van der Waals surface area contributed by atoms with E-state index in [2.05, 4.69) is 14.5 Å². The minimum atomic E-state index is 0.0363. The van der Waals surface area contributed by atoms with E-state index in [0.717, 1.165) is 18.8 Å². The zero-order valence-corrected chi connectivity index (χ0v) is 13.2. The fourth-order valence-corrected chi connectivity index (χ4v) is 3.00. The van der Waals surface area contributed by atoms with Crippen LogP contribution in [0.15, 0.2) is 16.7 Å². The Hall–Kier alpha value is -1.44. The van der Waals surface area contributed by atoms with Gasteiger partial charge in [0.15, 0.2) is 0 Å². The number of carbonyl (C=O) groups is 1. The Balaban J connectivity index is 1.57. The van der Waals surface area contributed by atoms with Gasteiger partial charge in [0.2, 0.25) is 0 Å². The number of rotatable bonds is 3. The van der Waals surface area contributed by atoms with Crippen molar-refractivity contribution in [1.82, 2.24) is 19.4 Å². The zero-order valence-electron chi connectivity index (χ0n) is 11.6. The van der Waals surface area contributed by atoms with Crippen molar-refractivity contribution in [3.05, 3.63) is 33.7 Å². The second-order valence-electron chi connectivity index (χ2n) is 4.95. The van der Waals surface area contributed by atoms with Gasteiger partial charge in [-0.05, 0) is 13.0 Å². The highest BCUT2D eigenvalue weighted by atomic mass is 35.5. The largest absolute Gasteiger partial charge is 0.469 e. The average Bonchev–Trinajstić information content (AvgIpc) is 3.08. The van der Waals surface area contributed by atoms with Crippen LogP contribution >= 0.6 is 23.1 Å². The molecule has 2 aromatic heterocycles. The molecule has 2 aromatic rings. The first-order chi connectivity index (χ1) is 10.1. The van der Waals surface area contributed by atoms with Gasteiger partial charge in [-0.2, -0.15) is 0 Å². The van der Waals surface area contributed by atoms with Gasteiger partial charge < -0.3 is 9.32 Å². The van der Waals surface area contributed by atoms with Crippen LogP contribution in [0.25, 0.3) is 0 Å². The van der Waals surface area contributed by atoms with E-state index in [1.54, 1.807) is 19.3 Å². The molecule has 0 aliphatic carbocycles. The molecular weight excluding hydrogens is 312 g/mol. The number of aromatic nitrogens is 2. The summed E-state index contributed by atoms with van der Waals surface area (Å²) in [5.74, 6) is 0.706. The van der Waals surface area contributed by atoms with Gasteiger partial charge in [0.25, 0.3) is 5.91 Å². The summed E-state index contributed by atoms with van der Waals surface area (Å²) in [5.41, 5.74) is 1.46. The fourth-order valence-electron chi connectivity index (χ4n) is 2.39. The number of halogens is 1. The molecule has 21 heavy (non-hydrogen) atoms. The van der Waals surface area contributed by atoms with Crippen LogP contribution in [0.4, 0.5) is 0 Å². The van der Waals surface area contributed by atoms with E-state index in [4.69, 9.17) is 16.0 Å². The minimum Gasteiger partial charge on any atom is -0.469 e. The van der Waals surface area contributed by atoms with Crippen LogP contribution in [-0.4, -0.2) is 51.5 Å². The molecular formula is C13H15ClN4O2S. The maximum Gasteiger partial charge on any atom is 0.257 e. The van der Waals surface area contributed by atoms with E-state index in [1.165, 1.54) is 11.5 Å². The molecule has 3 heterocycles. The summed E-state index contributed by atoms with van der Waals surface area (Å²) >= 11 is 7.22. The van der Waals surface area contributed by atoms with Gasteiger partial charge in [0.1, 0.15) is 15.8 Å². The Bertz CT molecular complexity index is 634. The first-order valence-corrected chi connectivity index (χ1v) is 7.82. The quantitative estimate of drug-likeness (QED) is 0.864. The normalized spacial score (nSPS) is 16.4. The lowest BCUT2D eigenvalue weighted by molar-refractivity contribution is 0.0625. The van der Waals surface area contributed by atoms with Gasteiger partial charge in [-0.1, -0.05) is 16.1 Å². The maximum absolute atomic E-state index is 12.4. The van der Waals surface area contributed by atoms with E-state index in [-0.39, 0.29) is 5.91 Å². The number of hydrogen-bond acceptors (Lipinski definition) is 6. The predicted molar refractivity (Wildman–Crippen MR) is 79.5 cm³/mol. The lowest BCUT2D eigenvalue weighted by Crippen LogP contribution is -2.48. The standard InChI is InChI=1S/C13H15ClN4O2S/c1-9-10(2-7-20-9)13(19)18-5-3-17(4-6-18)8-11-12(14)21-16-15-11/h2,7H,3-6,8H2,1H3. The summed E-state index contributed by atoms with van der Waals surface area (Å²) in [7, 11) is 0. The van der Waals surface area contributed by atoms with Gasteiger partial charge >= 0.3 is 0 Å². The van der Waals surface area contributed by atoms with Crippen molar-refractivity contribution in [1.29, 1.82) is 0 Å². The van der Waals surface area contributed by atoms with Crippen LogP contribution < -0.4 is 0 Å². The maximum atomic E-state index is 12.4. The third-order valence-corrected chi connectivity index (χ3v) is 4.62. The van der Waals surface area contributed by atoms with Gasteiger partial charge in [0, 0.05) is 44.3 Å². The Morgan fingerprint density at radius 2 is 2.19 bits per heavy atom. The highest BCUT2D eigenvalue weighted by Gasteiger charge is 2.24. The SMILES string of the molecule is Cc1occc1C(=O)N1CCN(Cc2nnsc2Cl)CC1. The third-order valence-electron chi connectivity index (χ3n) is 3.63. The van der Waals surface area contributed by atoms with E-state index in [9.17, 15) is 4.79 Å². The minimum absolute atomic E-state index is 0.0363. The van der Waals surface area contributed by atoms with Crippen molar-refractivity contribution >= 4 is 29.0 Å². The second-order valence-corrected chi connectivity index (χ2v) is 6.31. The number of nitrogens with zero attached hydrogens (tertiary/aromatic N) is 4. The van der Waals surface area contributed by atoms with Crippen molar-refractivity contribution < 1.29 is 9.21 Å². The van der Waals surface area contributed by atoms with Crippen molar-refractivity contribution in [2.75, 3.05) is 26.2 Å². The molecule has 0 spiro atoms. The molecule has 0 bridgehead atoms. The van der Waals surface area contributed by atoms with Crippen molar-refractivity contribution in [3.63, 3.8) is 0 Å². The average molecular weight is 327 g/mol. The van der Waals surface area contributed by atoms with E-state index < -0.39 is 0 Å². The van der Waals surface area contributed by atoms with Crippen LogP contribution in [0, 0.1) is 6.92 Å². The molecule has 1 aliphatic rings. The number of piperazine rings is 1. The first-order valence-electron chi connectivity index (χ1n) is 6.67. The summed E-state index contributed by atoms with van der Waals surface area (Å²) in [4.78, 5) is 16.5. The number of furan rings is 1. The third kappa shape index (κ3) is 3.09. The molecule has 0 saturated carbocycles. The fraction of sp³-hybridized carbons (Fsp3) is 0.462. The Morgan fingerprint density at radius 3 is 2.76 bits per heavy atom. The molecule has 8 heteroatoms. The van der Waals surface area contributed by atoms with Crippen molar-refractivity contribution in [2.24, 2.45) is 0 Å². The lowest BCUT2D eigenvalue weighted by atomic mass is 10.2.